The number of aliphatic hydroxyl groups excluding tert-OH is 1. The molecule has 0 unspecified atom stereocenters. The minimum Gasteiger partial charge on any atom is -0.396 e. The van der Waals surface area contributed by atoms with Crippen molar-refractivity contribution in [1.29, 1.82) is 0 Å². The van der Waals surface area contributed by atoms with E-state index in [1.165, 1.54) is 12.8 Å². The van der Waals surface area contributed by atoms with Crippen molar-refractivity contribution >= 4 is 0 Å². The van der Waals surface area contributed by atoms with E-state index in [1.54, 1.807) is 0 Å². The molecule has 1 aliphatic heterocycles. The molecule has 4 heteroatoms. The summed E-state index contributed by atoms with van der Waals surface area (Å²) in [5, 5.41) is 12.7. The smallest absolute Gasteiger partial charge is 0.170 e. The van der Waals surface area contributed by atoms with E-state index in [4.69, 9.17) is 9.47 Å². The molecular formula is C11H21NO3. The molecule has 4 nitrogen and oxygen atoms in total. The van der Waals surface area contributed by atoms with Crippen molar-refractivity contribution in [3.63, 3.8) is 0 Å². The van der Waals surface area contributed by atoms with Crippen molar-refractivity contribution in [2.24, 2.45) is 5.92 Å². The maximum Gasteiger partial charge on any atom is 0.170 e. The molecule has 2 atom stereocenters. The third-order valence-corrected chi connectivity index (χ3v) is 3.38. The van der Waals surface area contributed by atoms with Crippen LogP contribution in [0.4, 0.5) is 0 Å². The molecule has 2 rings (SSSR count). The van der Waals surface area contributed by atoms with Gasteiger partial charge in [0.25, 0.3) is 0 Å². The molecule has 1 heterocycles. The predicted molar refractivity (Wildman–Crippen MR) is 56.5 cm³/mol. The summed E-state index contributed by atoms with van der Waals surface area (Å²) < 4.78 is 10.7. The summed E-state index contributed by atoms with van der Waals surface area (Å²) in [6.07, 6.45) is 4.74. The SMILES string of the molecule is OC[C@H]1CCCC[C@@H]1NCC1OCCO1. The van der Waals surface area contributed by atoms with Gasteiger partial charge in [0.15, 0.2) is 6.29 Å². The Morgan fingerprint density at radius 1 is 1.13 bits per heavy atom. The zero-order chi connectivity index (χ0) is 10.5. The lowest BCUT2D eigenvalue weighted by molar-refractivity contribution is -0.0431. The number of aliphatic hydroxyl groups is 1. The Kier molecular flexibility index (Phi) is 4.38. The Morgan fingerprint density at radius 2 is 1.87 bits per heavy atom. The van der Waals surface area contributed by atoms with Gasteiger partial charge < -0.3 is 19.9 Å². The molecule has 2 aliphatic rings. The first-order valence-electron chi connectivity index (χ1n) is 5.97. The monoisotopic (exact) mass is 215 g/mol. The fourth-order valence-electron chi connectivity index (χ4n) is 2.47. The highest BCUT2D eigenvalue weighted by molar-refractivity contribution is 4.80. The minimum atomic E-state index is -0.0775. The number of nitrogens with one attached hydrogen (secondary N) is 1. The molecule has 0 amide bonds. The van der Waals surface area contributed by atoms with E-state index in [1.807, 2.05) is 0 Å². The van der Waals surface area contributed by atoms with Crippen LogP contribution in [0, 0.1) is 5.92 Å². The van der Waals surface area contributed by atoms with Crippen molar-refractivity contribution in [2.45, 2.75) is 38.0 Å². The first-order valence-corrected chi connectivity index (χ1v) is 5.97. The number of rotatable bonds is 4. The van der Waals surface area contributed by atoms with Crippen LogP contribution in [0.15, 0.2) is 0 Å². The molecule has 1 saturated heterocycles. The molecule has 1 saturated carbocycles. The highest BCUT2D eigenvalue weighted by Gasteiger charge is 2.25. The maximum absolute atomic E-state index is 9.25. The fourth-order valence-corrected chi connectivity index (χ4v) is 2.47. The van der Waals surface area contributed by atoms with E-state index < -0.39 is 0 Å². The molecular weight excluding hydrogens is 194 g/mol. The Hall–Kier alpha value is -0.160. The van der Waals surface area contributed by atoms with Gasteiger partial charge in [-0.2, -0.15) is 0 Å². The molecule has 2 fully saturated rings. The van der Waals surface area contributed by atoms with E-state index in [0.717, 1.165) is 19.4 Å². The average molecular weight is 215 g/mol. The van der Waals surface area contributed by atoms with Gasteiger partial charge in [-0.25, -0.2) is 0 Å². The van der Waals surface area contributed by atoms with Crippen molar-refractivity contribution in [3.05, 3.63) is 0 Å². The predicted octanol–water partition coefficient (Wildman–Crippen LogP) is 0.500. The van der Waals surface area contributed by atoms with Crippen LogP contribution in [0.5, 0.6) is 0 Å². The van der Waals surface area contributed by atoms with Gasteiger partial charge in [-0.3, -0.25) is 0 Å². The van der Waals surface area contributed by atoms with Crippen LogP contribution in [0.3, 0.4) is 0 Å². The third-order valence-electron chi connectivity index (χ3n) is 3.38. The quantitative estimate of drug-likeness (QED) is 0.717. The topological polar surface area (TPSA) is 50.7 Å². The van der Waals surface area contributed by atoms with E-state index in [0.29, 0.717) is 31.8 Å². The molecule has 0 spiro atoms. The minimum absolute atomic E-state index is 0.0775. The van der Waals surface area contributed by atoms with Gasteiger partial charge in [0, 0.05) is 19.2 Å². The lowest BCUT2D eigenvalue weighted by Crippen LogP contribution is -2.43. The van der Waals surface area contributed by atoms with E-state index >= 15 is 0 Å². The second-order valence-corrected chi connectivity index (χ2v) is 4.41. The average Bonchev–Trinajstić information content (AvgIpc) is 2.79. The van der Waals surface area contributed by atoms with Gasteiger partial charge >= 0.3 is 0 Å². The highest BCUT2D eigenvalue weighted by atomic mass is 16.7. The van der Waals surface area contributed by atoms with Crippen LogP contribution in [-0.4, -0.2) is 43.8 Å². The molecule has 1 aliphatic carbocycles. The summed E-state index contributed by atoms with van der Waals surface area (Å²) in [5.74, 6) is 0.417. The Labute approximate surface area is 90.9 Å². The van der Waals surface area contributed by atoms with Crippen molar-refractivity contribution in [1.82, 2.24) is 5.32 Å². The van der Waals surface area contributed by atoms with Gasteiger partial charge in [-0.15, -0.1) is 0 Å². The van der Waals surface area contributed by atoms with Crippen molar-refractivity contribution in [3.8, 4) is 0 Å². The summed E-state index contributed by atoms with van der Waals surface area (Å²) in [6.45, 7) is 2.46. The van der Waals surface area contributed by atoms with Gasteiger partial charge in [0.1, 0.15) is 0 Å². The maximum atomic E-state index is 9.25. The molecule has 0 aromatic heterocycles. The van der Waals surface area contributed by atoms with Gasteiger partial charge in [-0.1, -0.05) is 12.8 Å². The summed E-state index contributed by atoms with van der Waals surface area (Å²) in [5.41, 5.74) is 0. The van der Waals surface area contributed by atoms with E-state index in [-0.39, 0.29) is 6.29 Å². The second-order valence-electron chi connectivity index (χ2n) is 4.41. The van der Waals surface area contributed by atoms with Gasteiger partial charge in [0.2, 0.25) is 0 Å². The van der Waals surface area contributed by atoms with Gasteiger partial charge in [0.05, 0.1) is 13.2 Å². The summed E-state index contributed by atoms with van der Waals surface area (Å²) >= 11 is 0. The van der Waals surface area contributed by atoms with Crippen LogP contribution in [0.25, 0.3) is 0 Å². The second kappa shape index (κ2) is 5.80. The molecule has 0 bridgehead atoms. The van der Waals surface area contributed by atoms with Crippen molar-refractivity contribution in [2.75, 3.05) is 26.4 Å². The Morgan fingerprint density at radius 3 is 2.60 bits per heavy atom. The lowest BCUT2D eigenvalue weighted by Gasteiger charge is -2.31. The zero-order valence-electron chi connectivity index (χ0n) is 9.15. The summed E-state index contributed by atoms with van der Waals surface area (Å²) in [7, 11) is 0. The van der Waals surface area contributed by atoms with Crippen molar-refractivity contribution < 1.29 is 14.6 Å². The molecule has 0 aromatic rings. The zero-order valence-corrected chi connectivity index (χ0v) is 9.15. The molecule has 0 radical (unpaired) electrons. The lowest BCUT2D eigenvalue weighted by atomic mass is 9.85. The van der Waals surface area contributed by atoms with Crippen LogP contribution in [-0.2, 0) is 9.47 Å². The van der Waals surface area contributed by atoms with E-state index in [9.17, 15) is 5.11 Å². The molecule has 2 N–H and O–H groups in total. The number of ether oxygens (including phenoxy) is 2. The number of hydrogen-bond acceptors (Lipinski definition) is 4. The van der Waals surface area contributed by atoms with Crippen LogP contribution < -0.4 is 5.32 Å². The molecule has 0 aromatic carbocycles. The Bertz CT molecular complexity index is 183. The van der Waals surface area contributed by atoms with Crippen LogP contribution >= 0.6 is 0 Å². The highest BCUT2D eigenvalue weighted by Crippen LogP contribution is 2.24. The normalized spacial score (nSPS) is 33.4. The standard InChI is InChI=1S/C11H21NO3/c13-8-9-3-1-2-4-10(9)12-7-11-14-5-6-15-11/h9-13H,1-8H2/t9-,10+/m1/s1. The Balaban J connectivity index is 1.71. The molecule has 15 heavy (non-hydrogen) atoms. The number of hydrogen-bond donors (Lipinski definition) is 2. The van der Waals surface area contributed by atoms with Gasteiger partial charge in [-0.05, 0) is 18.8 Å². The fraction of sp³-hybridized carbons (Fsp3) is 1.00. The first-order chi connectivity index (χ1) is 7.40. The summed E-state index contributed by atoms with van der Waals surface area (Å²) in [6, 6.07) is 0.441. The first kappa shape index (κ1) is 11.3. The third kappa shape index (κ3) is 3.14. The van der Waals surface area contributed by atoms with E-state index in [2.05, 4.69) is 5.32 Å². The van der Waals surface area contributed by atoms with Crippen LogP contribution in [0.1, 0.15) is 25.7 Å². The largest absolute Gasteiger partial charge is 0.396 e. The molecule has 88 valence electrons. The van der Waals surface area contributed by atoms with Crippen LogP contribution in [0.2, 0.25) is 0 Å². The summed E-state index contributed by atoms with van der Waals surface area (Å²) in [4.78, 5) is 0.